The van der Waals surface area contributed by atoms with Crippen molar-refractivity contribution in [1.82, 2.24) is 10.2 Å². The van der Waals surface area contributed by atoms with Crippen molar-refractivity contribution < 1.29 is 18.7 Å². The molecule has 1 saturated heterocycles. The first kappa shape index (κ1) is 18.0. The van der Waals surface area contributed by atoms with Crippen molar-refractivity contribution in [1.29, 1.82) is 0 Å². The number of benzene rings is 2. The lowest BCUT2D eigenvalue weighted by atomic mass is 10.1. The number of nitrogens with zero attached hydrogens (tertiary/aromatic N) is 1. The van der Waals surface area contributed by atoms with Crippen LogP contribution in [0.2, 0.25) is 0 Å². The zero-order valence-corrected chi connectivity index (χ0v) is 15.6. The molecule has 1 fully saturated rings. The Balaban J connectivity index is 1.32. The summed E-state index contributed by atoms with van der Waals surface area (Å²) in [5, 5.41) is 3.04. The Kier molecular flexibility index (Phi) is 5.38. The van der Waals surface area contributed by atoms with Gasteiger partial charge in [0.25, 0.3) is 0 Å². The molecule has 2 heterocycles. The highest BCUT2D eigenvalue weighted by molar-refractivity contribution is 7.99. The van der Waals surface area contributed by atoms with Gasteiger partial charge >= 0.3 is 6.03 Å². The summed E-state index contributed by atoms with van der Waals surface area (Å²) >= 11 is 1.71. The highest BCUT2D eigenvalue weighted by Crippen LogP contribution is 2.35. The molecular weight excluding hydrogens is 367 g/mol. The second-order valence-corrected chi connectivity index (χ2v) is 7.81. The van der Waals surface area contributed by atoms with Gasteiger partial charge in [-0.25, -0.2) is 9.18 Å². The fourth-order valence-corrected chi connectivity index (χ4v) is 4.55. The molecule has 0 aromatic heterocycles. The molecule has 2 aromatic rings. The van der Waals surface area contributed by atoms with Crippen LogP contribution in [0.25, 0.3) is 0 Å². The molecule has 2 amide bonds. The Morgan fingerprint density at radius 1 is 1.19 bits per heavy atom. The lowest BCUT2D eigenvalue weighted by molar-refractivity contribution is 0.174. The molecule has 7 heteroatoms. The van der Waals surface area contributed by atoms with Gasteiger partial charge in [0.2, 0.25) is 6.79 Å². The first-order valence-corrected chi connectivity index (χ1v) is 10.0. The number of thioether (sulfide) groups is 1. The van der Waals surface area contributed by atoms with Gasteiger partial charge < -0.3 is 19.7 Å². The summed E-state index contributed by atoms with van der Waals surface area (Å²) in [6, 6.07) is 12.5. The molecule has 0 saturated carbocycles. The molecule has 5 nitrogen and oxygen atoms in total. The summed E-state index contributed by atoms with van der Waals surface area (Å²) in [7, 11) is 0. The van der Waals surface area contributed by atoms with Crippen LogP contribution < -0.4 is 14.8 Å². The average molecular weight is 388 g/mol. The fourth-order valence-electron chi connectivity index (χ4n) is 3.30. The van der Waals surface area contributed by atoms with Gasteiger partial charge in [-0.15, -0.1) is 0 Å². The normalized spacial score (nSPS) is 18.9. The molecule has 0 radical (unpaired) electrons. The largest absolute Gasteiger partial charge is 0.454 e. The predicted molar refractivity (Wildman–Crippen MR) is 103 cm³/mol. The van der Waals surface area contributed by atoms with Crippen molar-refractivity contribution in [3.63, 3.8) is 0 Å². The maximum atomic E-state index is 14.0. The van der Waals surface area contributed by atoms with E-state index in [1.54, 1.807) is 22.7 Å². The van der Waals surface area contributed by atoms with Gasteiger partial charge in [0.15, 0.2) is 11.5 Å². The summed E-state index contributed by atoms with van der Waals surface area (Å²) in [5.41, 5.74) is 1.69. The van der Waals surface area contributed by atoms with E-state index >= 15 is 0 Å². The number of carbonyl (C=O) groups is 1. The Morgan fingerprint density at radius 3 is 2.93 bits per heavy atom. The van der Waals surface area contributed by atoms with Crippen LogP contribution in [0.15, 0.2) is 42.5 Å². The number of nitrogens with one attached hydrogen (secondary N) is 1. The van der Waals surface area contributed by atoms with E-state index in [0.717, 1.165) is 29.1 Å². The van der Waals surface area contributed by atoms with E-state index in [1.165, 1.54) is 6.07 Å². The van der Waals surface area contributed by atoms with Crippen molar-refractivity contribution in [2.24, 2.45) is 0 Å². The number of fused-ring (bicyclic) bond motifs is 1. The van der Waals surface area contributed by atoms with Gasteiger partial charge in [-0.1, -0.05) is 24.3 Å². The van der Waals surface area contributed by atoms with Crippen molar-refractivity contribution in [2.45, 2.75) is 18.2 Å². The van der Waals surface area contributed by atoms with Crippen LogP contribution in [0.5, 0.6) is 11.5 Å². The molecule has 2 aliphatic rings. The van der Waals surface area contributed by atoms with Crippen LogP contribution in [0.4, 0.5) is 9.18 Å². The Bertz CT molecular complexity index is 833. The molecule has 4 rings (SSSR count). The second-order valence-electron chi connectivity index (χ2n) is 6.50. The van der Waals surface area contributed by atoms with E-state index in [0.29, 0.717) is 25.4 Å². The number of halogens is 1. The molecule has 0 aliphatic carbocycles. The quantitative estimate of drug-likeness (QED) is 0.865. The van der Waals surface area contributed by atoms with Gasteiger partial charge in [0.05, 0.1) is 0 Å². The zero-order valence-electron chi connectivity index (χ0n) is 14.8. The molecular formula is C20H21FN2O3S. The summed E-state index contributed by atoms with van der Waals surface area (Å²) in [4.78, 5) is 14.3. The van der Waals surface area contributed by atoms with Crippen LogP contribution >= 0.6 is 11.8 Å². The van der Waals surface area contributed by atoms with Crippen molar-refractivity contribution in [2.75, 3.05) is 25.6 Å². The number of rotatable bonds is 3. The second kappa shape index (κ2) is 8.08. The number of hydrogen-bond acceptors (Lipinski definition) is 4. The Hall–Kier alpha value is -2.41. The maximum Gasteiger partial charge on any atom is 0.317 e. The van der Waals surface area contributed by atoms with E-state index in [2.05, 4.69) is 5.32 Å². The van der Waals surface area contributed by atoms with Gasteiger partial charge in [-0.2, -0.15) is 11.8 Å². The summed E-state index contributed by atoms with van der Waals surface area (Å²) < 4.78 is 24.7. The third-order valence-corrected chi connectivity index (χ3v) is 6.07. The number of carbonyl (C=O) groups excluding carboxylic acids is 1. The molecule has 1 atom stereocenters. The maximum absolute atomic E-state index is 14.0. The van der Waals surface area contributed by atoms with Gasteiger partial charge in [0.1, 0.15) is 5.82 Å². The van der Waals surface area contributed by atoms with Crippen LogP contribution in [-0.2, 0) is 6.54 Å². The monoisotopic (exact) mass is 388 g/mol. The van der Waals surface area contributed by atoms with Crippen molar-refractivity contribution in [3.05, 3.63) is 59.4 Å². The topological polar surface area (TPSA) is 50.8 Å². The minimum atomic E-state index is -0.171. The first-order valence-electron chi connectivity index (χ1n) is 8.98. The van der Waals surface area contributed by atoms with E-state index in [4.69, 9.17) is 9.47 Å². The van der Waals surface area contributed by atoms with E-state index in [-0.39, 0.29) is 23.9 Å². The minimum Gasteiger partial charge on any atom is -0.454 e. The first-order chi connectivity index (χ1) is 13.2. The summed E-state index contributed by atoms with van der Waals surface area (Å²) in [5.74, 6) is 2.06. The van der Waals surface area contributed by atoms with Crippen LogP contribution in [0.1, 0.15) is 22.8 Å². The van der Waals surface area contributed by atoms with Crippen LogP contribution in [0.3, 0.4) is 0 Å². The molecule has 27 heavy (non-hydrogen) atoms. The average Bonchev–Trinajstić information content (AvgIpc) is 3.01. The Morgan fingerprint density at radius 2 is 2.04 bits per heavy atom. The molecule has 142 valence electrons. The zero-order chi connectivity index (χ0) is 18.6. The van der Waals surface area contributed by atoms with E-state index in [1.807, 2.05) is 30.3 Å². The molecule has 1 N–H and O–H groups in total. The van der Waals surface area contributed by atoms with Gasteiger partial charge in [-0.3, -0.25) is 0 Å². The molecule has 2 aromatic carbocycles. The van der Waals surface area contributed by atoms with Gasteiger partial charge in [0, 0.05) is 36.2 Å². The van der Waals surface area contributed by atoms with Crippen LogP contribution in [-0.4, -0.2) is 36.6 Å². The third-order valence-electron chi connectivity index (χ3n) is 4.76. The summed E-state index contributed by atoms with van der Waals surface area (Å²) in [6.07, 6.45) is 0.739. The molecule has 2 aliphatic heterocycles. The summed E-state index contributed by atoms with van der Waals surface area (Å²) in [6.45, 7) is 1.93. The molecule has 0 unspecified atom stereocenters. The Labute approximate surface area is 161 Å². The SMILES string of the molecule is O=C(NCc1ccc2c(c1)OCO2)N1CCS[C@@H](c2ccccc2F)CC1. The number of ether oxygens (including phenoxy) is 2. The number of amides is 2. The number of hydrogen-bond donors (Lipinski definition) is 1. The van der Waals surface area contributed by atoms with Gasteiger partial charge in [-0.05, 0) is 30.2 Å². The number of urea groups is 1. The lowest BCUT2D eigenvalue weighted by Gasteiger charge is -2.21. The van der Waals surface area contributed by atoms with Crippen molar-refractivity contribution in [3.8, 4) is 11.5 Å². The fraction of sp³-hybridized carbons (Fsp3) is 0.350. The van der Waals surface area contributed by atoms with E-state index in [9.17, 15) is 9.18 Å². The highest BCUT2D eigenvalue weighted by atomic mass is 32.2. The smallest absolute Gasteiger partial charge is 0.317 e. The van der Waals surface area contributed by atoms with Crippen molar-refractivity contribution >= 4 is 17.8 Å². The minimum absolute atomic E-state index is 0.0814. The lowest BCUT2D eigenvalue weighted by Crippen LogP contribution is -2.40. The van der Waals surface area contributed by atoms with E-state index < -0.39 is 0 Å². The molecule has 0 spiro atoms. The standard InChI is InChI=1S/C20H21FN2O3S/c21-16-4-2-1-3-15(16)19-7-8-23(9-10-27-19)20(24)22-12-14-5-6-17-18(11-14)26-13-25-17/h1-6,11,19H,7-10,12-13H2,(H,22,24)/t19-/m1/s1. The van der Waals surface area contributed by atoms with Crippen LogP contribution in [0, 0.1) is 5.82 Å². The predicted octanol–water partition coefficient (Wildman–Crippen LogP) is 3.94. The third kappa shape index (κ3) is 4.13. The highest BCUT2D eigenvalue weighted by Gasteiger charge is 2.23. The molecule has 0 bridgehead atoms.